The number of aryl methyl sites for hydroxylation is 2. The molecular formula is C23H30ClN7O2S. The van der Waals surface area contributed by atoms with Gasteiger partial charge >= 0.3 is 0 Å². The Morgan fingerprint density at radius 2 is 1.97 bits per heavy atom. The first-order valence-electron chi connectivity index (χ1n) is 10.7. The van der Waals surface area contributed by atoms with Crippen molar-refractivity contribution in [1.82, 2.24) is 19.9 Å². The minimum absolute atomic E-state index is 0. The summed E-state index contributed by atoms with van der Waals surface area (Å²) in [6, 6.07) is 7.37. The fourth-order valence-corrected chi connectivity index (χ4v) is 4.62. The normalized spacial score (nSPS) is 13.9. The maximum Gasteiger partial charge on any atom is 0.267 e. The predicted octanol–water partition coefficient (Wildman–Crippen LogP) is 3.95. The molecule has 1 aliphatic heterocycles. The number of piperazine rings is 1. The molecule has 34 heavy (non-hydrogen) atoms. The van der Waals surface area contributed by atoms with Crippen LogP contribution in [0.5, 0.6) is 0 Å². The zero-order valence-electron chi connectivity index (χ0n) is 18.5. The van der Waals surface area contributed by atoms with Gasteiger partial charge in [-0.1, -0.05) is 42.5 Å². The molecular weight excluding hydrogens is 474 g/mol. The number of aliphatic hydroxyl groups excluding tert-OH is 1. The summed E-state index contributed by atoms with van der Waals surface area (Å²) in [5.74, 6) is 1.85. The molecule has 1 saturated heterocycles. The van der Waals surface area contributed by atoms with Crippen LogP contribution in [0.2, 0.25) is 5.02 Å². The number of thiazole rings is 1. The second-order valence-corrected chi connectivity index (χ2v) is 9.19. The Hall–Kier alpha value is -2.79. The Morgan fingerprint density at radius 1 is 1.21 bits per heavy atom. The zero-order valence-corrected chi connectivity index (χ0v) is 20.1. The van der Waals surface area contributed by atoms with Crippen LogP contribution >= 0.6 is 22.9 Å². The first-order valence-corrected chi connectivity index (χ1v) is 11.9. The standard InChI is InChI=1S/C22H26ClN7O2S.CH4/c1-14-4-3-5-16(23)20(14)28-21(32)17-13-24-22(33-17)27-18-12-19(26-15(2)25-18)30-8-6-29(7-9-30)10-11-31;/h3-5,12-13,31H,6-11H2,1-2H3,(H,28,32)(H,24,25,26,27);1H4. The molecule has 3 heterocycles. The molecule has 0 radical (unpaired) electrons. The topological polar surface area (TPSA) is 107 Å². The Balaban J connectivity index is 0.00000324. The van der Waals surface area contributed by atoms with Gasteiger partial charge in [0.15, 0.2) is 5.13 Å². The number of nitrogens with zero attached hydrogens (tertiary/aromatic N) is 5. The monoisotopic (exact) mass is 503 g/mol. The molecule has 1 aromatic carbocycles. The van der Waals surface area contributed by atoms with Crippen molar-refractivity contribution >= 4 is 51.3 Å². The minimum Gasteiger partial charge on any atom is -0.395 e. The van der Waals surface area contributed by atoms with E-state index in [1.807, 2.05) is 32.0 Å². The van der Waals surface area contributed by atoms with Crippen molar-refractivity contribution in [1.29, 1.82) is 0 Å². The minimum atomic E-state index is -0.267. The SMILES string of the molecule is C.Cc1nc(Nc2ncc(C(=O)Nc3c(C)cccc3Cl)s2)cc(N2CCN(CCO)CC2)n1. The number of benzene rings is 1. The number of β-amino-alcohol motifs (C(OH)–C–C–N with tert-alkyl or cyclic N) is 1. The van der Waals surface area contributed by atoms with Crippen LogP contribution in [-0.4, -0.2) is 70.2 Å². The van der Waals surface area contributed by atoms with E-state index in [-0.39, 0.29) is 19.9 Å². The van der Waals surface area contributed by atoms with E-state index in [1.165, 1.54) is 17.5 Å². The number of anilines is 4. The average molecular weight is 504 g/mol. The number of hydrogen-bond acceptors (Lipinski definition) is 9. The van der Waals surface area contributed by atoms with Crippen LogP contribution in [0.4, 0.5) is 22.5 Å². The second-order valence-electron chi connectivity index (χ2n) is 7.75. The van der Waals surface area contributed by atoms with Crippen LogP contribution in [0.3, 0.4) is 0 Å². The van der Waals surface area contributed by atoms with E-state index in [9.17, 15) is 4.79 Å². The third-order valence-electron chi connectivity index (χ3n) is 5.36. The lowest BCUT2D eigenvalue weighted by Crippen LogP contribution is -2.47. The summed E-state index contributed by atoms with van der Waals surface area (Å²) in [6.45, 7) is 8.03. The molecule has 1 aliphatic rings. The van der Waals surface area contributed by atoms with Gasteiger partial charge in [0.05, 0.1) is 23.5 Å². The van der Waals surface area contributed by atoms with Gasteiger partial charge in [-0.15, -0.1) is 0 Å². The van der Waals surface area contributed by atoms with E-state index in [4.69, 9.17) is 16.7 Å². The summed E-state index contributed by atoms with van der Waals surface area (Å²) < 4.78 is 0. The van der Waals surface area contributed by atoms with Crippen molar-refractivity contribution in [2.24, 2.45) is 0 Å². The van der Waals surface area contributed by atoms with Crippen molar-refractivity contribution in [3.05, 3.63) is 51.7 Å². The fraction of sp³-hybridized carbons (Fsp3) is 0.391. The molecule has 3 N–H and O–H groups in total. The summed E-state index contributed by atoms with van der Waals surface area (Å²) in [5.41, 5.74) is 1.49. The number of nitrogens with one attached hydrogen (secondary N) is 2. The lowest BCUT2D eigenvalue weighted by Gasteiger charge is -2.35. The van der Waals surface area contributed by atoms with Crippen LogP contribution in [0.25, 0.3) is 0 Å². The molecule has 0 atom stereocenters. The molecule has 11 heteroatoms. The number of carbonyl (C=O) groups is 1. The summed E-state index contributed by atoms with van der Waals surface area (Å²) in [4.78, 5) is 31.0. The van der Waals surface area contributed by atoms with Crippen molar-refractivity contribution in [2.75, 3.05) is 54.9 Å². The summed E-state index contributed by atoms with van der Waals surface area (Å²) in [7, 11) is 0. The fourth-order valence-electron chi connectivity index (χ4n) is 3.63. The average Bonchev–Trinajstić information content (AvgIpc) is 3.25. The number of carbonyl (C=O) groups excluding carboxylic acids is 1. The van der Waals surface area contributed by atoms with Crippen LogP contribution in [0, 0.1) is 13.8 Å². The highest BCUT2D eigenvalue weighted by Gasteiger charge is 2.19. The number of aromatic nitrogens is 3. The first kappa shape index (κ1) is 25.8. The van der Waals surface area contributed by atoms with E-state index in [0.29, 0.717) is 38.9 Å². The maximum atomic E-state index is 12.7. The highest BCUT2D eigenvalue weighted by Crippen LogP contribution is 2.28. The van der Waals surface area contributed by atoms with Gasteiger partial charge in [-0.05, 0) is 25.5 Å². The Kier molecular flexibility index (Phi) is 8.78. The largest absolute Gasteiger partial charge is 0.395 e. The Bertz CT molecular complexity index is 1110. The number of aliphatic hydroxyl groups is 1. The lowest BCUT2D eigenvalue weighted by molar-refractivity contribution is 0.103. The third-order valence-corrected chi connectivity index (χ3v) is 6.59. The van der Waals surface area contributed by atoms with E-state index in [1.54, 1.807) is 6.07 Å². The van der Waals surface area contributed by atoms with Crippen LogP contribution in [0.1, 0.15) is 28.5 Å². The molecule has 0 saturated carbocycles. The molecule has 1 fully saturated rings. The summed E-state index contributed by atoms with van der Waals surface area (Å²) in [6.07, 6.45) is 1.53. The van der Waals surface area contributed by atoms with Gasteiger partial charge in [0, 0.05) is 38.8 Å². The second kappa shape index (κ2) is 11.6. The lowest BCUT2D eigenvalue weighted by atomic mass is 10.2. The van der Waals surface area contributed by atoms with E-state index in [0.717, 1.165) is 37.6 Å². The molecule has 4 rings (SSSR count). The molecule has 2 aromatic heterocycles. The van der Waals surface area contributed by atoms with Gasteiger partial charge in [-0.25, -0.2) is 15.0 Å². The van der Waals surface area contributed by atoms with Gasteiger partial charge in [0.1, 0.15) is 22.3 Å². The third kappa shape index (κ3) is 6.20. The van der Waals surface area contributed by atoms with Crippen molar-refractivity contribution < 1.29 is 9.90 Å². The van der Waals surface area contributed by atoms with Crippen LogP contribution in [0.15, 0.2) is 30.5 Å². The number of rotatable bonds is 7. The van der Waals surface area contributed by atoms with Crippen molar-refractivity contribution in [2.45, 2.75) is 21.3 Å². The molecule has 0 unspecified atom stereocenters. The van der Waals surface area contributed by atoms with E-state index < -0.39 is 0 Å². The molecule has 0 spiro atoms. The maximum absolute atomic E-state index is 12.7. The molecule has 0 bridgehead atoms. The smallest absolute Gasteiger partial charge is 0.267 e. The van der Waals surface area contributed by atoms with Gasteiger partial charge in [-0.3, -0.25) is 9.69 Å². The van der Waals surface area contributed by atoms with Crippen molar-refractivity contribution in [3.8, 4) is 0 Å². The van der Waals surface area contributed by atoms with Gasteiger partial charge < -0.3 is 20.6 Å². The molecule has 0 aliphatic carbocycles. The quantitative estimate of drug-likeness (QED) is 0.445. The summed E-state index contributed by atoms with van der Waals surface area (Å²) >= 11 is 7.46. The van der Waals surface area contributed by atoms with Crippen LogP contribution < -0.4 is 15.5 Å². The molecule has 182 valence electrons. The van der Waals surface area contributed by atoms with Gasteiger partial charge in [0.25, 0.3) is 5.91 Å². The van der Waals surface area contributed by atoms with Crippen LogP contribution in [-0.2, 0) is 0 Å². The summed E-state index contributed by atoms with van der Waals surface area (Å²) in [5, 5.41) is 16.2. The zero-order chi connectivity index (χ0) is 23.4. The van der Waals surface area contributed by atoms with E-state index >= 15 is 0 Å². The Morgan fingerprint density at radius 3 is 2.68 bits per heavy atom. The number of para-hydroxylation sites is 1. The van der Waals surface area contributed by atoms with Gasteiger partial charge in [-0.2, -0.15) is 0 Å². The Labute approximate surface area is 208 Å². The number of halogens is 1. The first-order chi connectivity index (χ1) is 15.9. The predicted molar refractivity (Wildman–Crippen MR) is 139 cm³/mol. The molecule has 3 aromatic rings. The number of amides is 1. The van der Waals surface area contributed by atoms with E-state index in [2.05, 4.69) is 35.4 Å². The van der Waals surface area contributed by atoms with Gasteiger partial charge in [0.2, 0.25) is 0 Å². The number of hydrogen-bond donors (Lipinski definition) is 3. The highest BCUT2D eigenvalue weighted by atomic mass is 35.5. The molecule has 1 amide bonds. The van der Waals surface area contributed by atoms with Crippen molar-refractivity contribution in [3.63, 3.8) is 0 Å². The molecule has 9 nitrogen and oxygen atoms in total. The highest BCUT2D eigenvalue weighted by molar-refractivity contribution is 7.17.